The Kier molecular flexibility index (Phi) is 6.10. The van der Waals surface area contributed by atoms with Gasteiger partial charge in [0.25, 0.3) is 0 Å². The molecule has 4 rings (SSSR count). The number of benzene rings is 2. The number of halogens is 2. The maximum absolute atomic E-state index is 13.4. The molecule has 0 aliphatic heterocycles. The number of fused-ring (bicyclic) bond motifs is 3. The maximum Gasteiger partial charge on any atom is 0.407 e. The number of hydrogen-bond donors (Lipinski definition) is 1. The minimum Gasteiger partial charge on any atom is -0.449 e. The molecule has 0 saturated heterocycles. The number of nitrogens with zero attached hydrogens (tertiary/aromatic N) is 1. The number of alkyl carbamates (subject to hydrolysis) is 1. The van der Waals surface area contributed by atoms with Crippen LogP contribution in [-0.4, -0.2) is 24.2 Å². The summed E-state index contributed by atoms with van der Waals surface area (Å²) < 4.78 is 18.8. The number of nitrogens with one attached hydrogen (secondary N) is 1. The van der Waals surface area contributed by atoms with Crippen molar-refractivity contribution in [2.24, 2.45) is 0 Å². The van der Waals surface area contributed by atoms with E-state index in [0.29, 0.717) is 18.5 Å². The van der Waals surface area contributed by atoms with Crippen molar-refractivity contribution in [3.05, 3.63) is 94.5 Å². The van der Waals surface area contributed by atoms with Gasteiger partial charge in [0, 0.05) is 18.7 Å². The van der Waals surface area contributed by atoms with Crippen LogP contribution in [0.2, 0.25) is 5.15 Å². The first-order valence-corrected chi connectivity index (χ1v) is 10.1. The Morgan fingerprint density at radius 3 is 2.47 bits per heavy atom. The molecule has 1 aliphatic rings. The number of hydrogen-bond acceptors (Lipinski definition) is 3. The largest absolute Gasteiger partial charge is 0.449 e. The Morgan fingerprint density at radius 1 is 1.13 bits per heavy atom. The van der Waals surface area contributed by atoms with Gasteiger partial charge in [-0.1, -0.05) is 72.3 Å². The van der Waals surface area contributed by atoms with Gasteiger partial charge < -0.3 is 10.1 Å². The van der Waals surface area contributed by atoms with Crippen molar-refractivity contribution in [1.29, 1.82) is 0 Å². The first kappa shape index (κ1) is 20.1. The van der Waals surface area contributed by atoms with Crippen molar-refractivity contribution in [2.75, 3.05) is 13.2 Å². The van der Waals surface area contributed by atoms with Crippen LogP contribution in [0.15, 0.2) is 66.9 Å². The maximum atomic E-state index is 13.4. The van der Waals surface area contributed by atoms with Crippen LogP contribution in [0, 0.1) is 5.82 Å². The Morgan fingerprint density at radius 2 is 1.80 bits per heavy atom. The van der Waals surface area contributed by atoms with Crippen molar-refractivity contribution in [1.82, 2.24) is 10.3 Å². The second-order valence-electron chi connectivity index (χ2n) is 6.98. The lowest BCUT2D eigenvalue weighted by Crippen LogP contribution is -2.26. The van der Waals surface area contributed by atoms with Gasteiger partial charge >= 0.3 is 6.09 Å². The van der Waals surface area contributed by atoms with Crippen LogP contribution in [0.25, 0.3) is 17.2 Å². The van der Waals surface area contributed by atoms with Crippen LogP contribution in [0.4, 0.5) is 9.18 Å². The van der Waals surface area contributed by atoms with E-state index < -0.39 is 11.9 Å². The summed E-state index contributed by atoms with van der Waals surface area (Å²) >= 11 is 5.56. The molecule has 0 radical (unpaired) electrons. The van der Waals surface area contributed by atoms with Gasteiger partial charge in [0.15, 0.2) is 11.0 Å². The zero-order valence-electron chi connectivity index (χ0n) is 16.1. The van der Waals surface area contributed by atoms with E-state index in [-0.39, 0.29) is 17.7 Å². The molecule has 30 heavy (non-hydrogen) atoms. The average Bonchev–Trinajstić information content (AvgIpc) is 3.08. The van der Waals surface area contributed by atoms with Crippen LogP contribution < -0.4 is 5.32 Å². The minimum atomic E-state index is -0.560. The summed E-state index contributed by atoms with van der Waals surface area (Å²) in [4.78, 5) is 15.9. The van der Waals surface area contributed by atoms with E-state index in [1.165, 1.54) is 34.5 Å². The summed E-state index contributed by atoms with van der Waals surface area (Å²) in [6, 6.07) is 17.7. The summed E-state index contributed by atoms with van der Waals surface area (Å²) in [5.41, 5.74) is 5.36. The third kappa shape index (κ3) is 4.36. The molecule has 0 atom stereocenters. The minimum absolute atomic E-state index is 0.0374. The zero-order chi connectivity index (χ0) is 20.9. The van der Waals surface area contributed by atoms with Crippen molar-refractivity contribution in [2.45, 2.75) is 12.3 Å². The van der Waals surface area contributed by atoms with Gasteiger partial charge in [-0.15, -0.1) is 0 Å². The molecule has 0 saturated carbocycles. The molecular formula is C24H20ClFN2O2. The Hall–Kier alpha value is -3.18. The van der Waals surface area contributed by atoms with Gasteiger partial charge in [-0.25, -0.2) is 14.2 Å². The van der Waals surface area contributed by atoms with Gasteiger partial charge in [-0.05, 0) is 40.3 Å². The molecule has 0 unspecified atom stereocenters. The van der Waals surface area contributed by atoms with Crippen LogP contribution in [-0.2, 0) is 4.74 Å². The molecule has 1 amide bonds. The molecule has 0 fully saturated rings. The lowest BCUT2D eigenvalue weighted by Gasteiger charge is -2.14. The highest BCUT2D eigenvalue weighted by Crippen LogP contribution is 2.44. The van der Waals surface area contributed by atoms with Gasteiger partial charge in [0.05, 0.1) is 0 Å². The fourth-order valence-electron chi connectivity index (χ4n) is 3.65. The predicted octanol–water partition coefficient (Wildman–Crippen LogP) is 5.82. The molecule has 6 heteroatoms. The average molecular weight is 423 g/mol. The Labute approximate surface area is 179 Å². The third-order valence-electron chi connectivity index (χ3n) is 5.05. The van der Waals surface area contributed by atoms with Crippen molar-refractivity contribution >= 4 is 23.8 Å². The van der Waals surface area contributed by atoms with Crippen molar-refractivity contribution < 1.29 is 13.9 Å². The van der Waals surface area contributed by atoms with Crippen LogP contribution >= 0.6 is 11.6 Å². The monoisotopic (exact) mass is 422 g/mol. The zero-order valence-corrected chi connectivity index (χ0v) is 16.9. The molecule has 0 bridgehead atoms. The van der Waals surface area contributed by atoms with E-state index in [1.807, 2.05) is 30.3 Å². The van der Waals surface area contributed by atoms with Crippen molar-refractivity contribution in [3.63, 3.8) is 0 Å². The van der Waals surface area contributed by atoms with Gasteiger partial charge in [0.2, 0.25) is 0 Å². The van der Waals surface area contributed by atoms with Gasteiger partial charge in [-0.3, -0.25) is 0 Å². The highest BCUT2D eigenvalue weighted by Gasteiger charge is 2.28. The quantitative estimate of drug-likeness (QED) is 0.402. The SMILES string of the molecule is O=C(NCCC=Cc1cnc(Cl)c(F)c1)OCC1c2ccccc2-c2ccccc21. The number of carbonyl (C=O) groups is 1. The first-order valence-electron chi connectivity index (χ1n) is 9.70. The van der Waals surface area contributed by atoms with E-state index in [1.54, 1.807) is 6.08 Å². The molecule has 4 nitrogen and oxygen atoms in total. The molecule has 3 aromatic rings. The number of amides is 1. The standard InChI is InChI=1S/C24H20ClFN2O2/c25-23-22(26)13-16(14-28-23)7-5-6-12-27-24(29)30-15-21-19-10-3-1-8-17(19)18-9-2-4-11-20(18)21/h1-5,7-11,13-14,21H,6,12,15H2,(H,27,29). The van der Waals surface area contributed by atoms with Crippen LogP contribution in [0.1, 0.15) is 29.0 Å². The van der Waals surface area contributed by atoms with Crippen LogP contribution in [0.3, 0.4) is 0 Å². The Balaban J connectivity index is 1.27. The Bertz CT molecular complexity index is 1050. The number of pyridine rings is 1. The number of rotatable bonds is 6. The van der Waals surface area contributed by atoms with E-state index in [4.69, 9.17) is 16.3 Å². The fraction of sp³-hybridized carbons (Fsp3) is 0.167. The van der Waals surface area contributed by atoms with Crippen molar-refractivity contribution in [3.8, 4) is 11.1 Å². The molecular weight excluding hydrogens is 403 g/mol. The summed E-state index contributed by atoms with van der Waals surface area (Å²) in [7, 11) is 0. The molecule has 1 aliphatic carbocycles. The first-order chi connectivity index (χ1) is 14.6. The molecule has 152 valence electrons. The molecule has 1 N–H and O–H groups in total. The van der Waals surface area contributed by atoms with Gasteiger partial charge in [-0.2, -0.15) is 0 Å². The second-order valence-corrected chi connectivity index (χ2v) is 7.34. The molecule has 2 aromatic carbocycles. The normalized spacial score (nSPS) is 12.6. The fourth-order valence-corrected chi connectivity index (χ4v) is 3.76. The topological polar surface area (TPSA) is 51.2 Å². The predicted molar refractivity (Wildman–Crippen MR) is 116 cm³/mol. The summed E-state index contributed by atoms with van der Waals surface area (Å²) in [6.45, 7) is 0.697. The van der Waals surface area contributed by atoms with E-state index in [9.17, 15) is 9.18 Å². The molecule has 1 heterocycles. The lowest BCUT2D eigenvalue weighted by molar-refractivity contribution is 0.143. The van der Waals surface area contributed by atoms with E-state index in [0.717, 1.165) is 0 Å². The van der Waals surface area contributed by atoms with E-state index in [2.05, 4.69) is 34.6 Å². The van der Waals surface area contributed by atoms with Gasteiger partial charge in [0.1, 0.15) is 6.61 Å². The number of aromatic nitrogens is 1. The van der Waals surface area contributed by atoms with Crippen LogP contribution in [0.5, 0.6) is 0 Å². The summed E-state index contributed by atoms with van der Waals surface area (Å²) in [5.74, 6) is -0.522. The molecule has 1 aromatic heterocycles. The number of carbonyl (C=O) groups excluding carboxylic acids is 1. The number of ether oxygens (including phenoxy) is 1. The highest BCUT2D eigenvalue weighted by atomic mass is 35.5. The second kappa shape index (κ2) is 9.09. The highest BCUT2D eigenvalue weighted by molar-refractivity contribution is 6.29. The third-order valence-corrected chi connectivity index (χ3v) is 5.33. The summed E-state index contributed by atoms with van der Waals surface area (Å²) in [5, 5.41) is 2.59. The molecule has 0 spiro atoms. The summed E-state index contributed by atoms with van der Waals surface area (Å²) in [6.07, 6.45) is 5.17. The lowest BCUT2D eigenvalue weighted by atomic mass is 9.98. The smallest absolute Gasteiger partial charge is 0.407 e. The van der Waals surface area contributed by atoms with E-state index >= 15 is 0 Å².